The Hall–Kier alpha value is -5.26. The molecule has 0 spiro atoms. The van der Waals surface area contributed by atoms with E-state index < -0.39 is 17.8 Å². The lowest BCUT2D eigenvalue weighted by atomic mass is 9.98. The summed E-state index contributed by atoms with van der Waals surface area (Å²) in [5, 5.41) is 19.4. The molecule has 3 aromatic heterocycles. The van der Waals surface area contributed by atoms with E-state index in [0.29, 0.717) is 35.1 Å². The van der Waals surface area contributed by atoms with Gasteiger partial charge in [0.05, 0.1) is 28.8 Å². The fraction of sp³-hybridized carbons (Fsp3) is 0.185. The highest BCUT2D eigenvalue weighted by molar-refractivity contribution is 5.98. The van der Waals surface area contributed by atoms with Crippen molar-refractivity contribution in [3.63, 3.8) is 0 Å². The molecule has 2 aromatic carbocycles. The van der Waals surface area contributed by atoms with Crippen molar-refractivity contribution in [3.8, 4) is 0 Å². The van der Waals surface area contributed by atoms with Crippen molar-refractivity contribution in [3.05, 3.63) is 98.4 Å². The molecule has 39 heavy (non-hydrogen) atoms. The monoisotopic (exact) mass is 525 g/mol. The topological polar surface area (TPSA) is 174 Å². The molecule has 2 amide bonds. The minimum absolute atomic E-state index is 0.0537. The average Bonchev–Trinajstić information content (AvgIpc) is 3.64. The molecule has 0 saturated heterocycles. The minimum atomic E-state index is -0.980. The molecule has 1 atom stereocenters. The van der Waals surface area contributed by atoms with E-state index in [0.717, 1.165) is 16.7 Å². The highest BCUT2D eigenvalue weighted by Crippen LogP contribution is 2.35. The first-order valence-electron chi connectivity index (χ1n) is 12.3. The summed E-state index contributed by atoms with van der Waals surface area (Å²) < 4.78 is 1.37. The van der Waals surface area contributed by atoms with Crippen molar-refractivity contribution < 1.29 is 19.5 Å². The second-order valence-corrected chi connectivity index (χ2v) is 9.45. The van der Waals surface area contributed by atoms with E-state index in [2.05, 4.69) is 30.7 Å². The molecule has 5 N–H and O–H groups in total. The summed E-state index contributed by atoms with van der Waals surface area (Å²) in [6, 6.07) is 11.3. The lowest BCUT2D eigenvalue weighted by Gasteiger charge is -2.16. The maximum absolute atomic E-state index is 13.4. The fourth-order valence-electron chi connectivity index (χ4n) is 5.15. The third kappa shape index (κ3) is 4.31. The largest absolute Gasteiger partial charge is 0.478 e. The van der Waals surface area contributed by atoms with Crippen molar-refractivity contribution in [2.24, 2.45) is 0 Å². The number of hydrogen-bond acceptors (Lipinski definition) is 6. The quantitative estimate of drug-likeness (QED) is 0.226. The van der Waals surface area contributed by atoms with E-state index in [4.69, 9.17) is 0 Å². The number of benzene rings is 2. The van der Waals surface area contributed by atoms with Gasteiger partial charge in [0, 0.05) is 18.7 Å². The maximum atomic E-state index is 13.4. The molecule has 196 valence electrons. The highest BCUT2D eigenvalue weighted by Gasteiger charge is 2.28. The van der Waals surface area contributed by atoms with Gasteiger partial charge >= 0.3 is 11.7 Å². The van der Waals surface area contributed by atoms with Gasteiger partial charge in [-0.1, -0.05) is 12.1 Å². The molecular weight excluding hydrogens is 502 g/mol. The Morgan fingerprint density at radius 2 is 1.90 bits per heavy atom. The van der Waals surface area contributed by atoms with Gasteiger partial charge in [-0.15, -0.1) is 0 Å². The van der Waals surface area contributed by atoms with E-state index in [-0.39, 0.29) is 35.2 Å². The summed E-state index contributed by atoms with van der Waals surface area (Å²) in [5.41, 5.74) is 5.08. The SMILES string of the molecule is Cc1c(C(=O)O)ccc2c1CC[C@@H]2NC(=O)c1cc(C(=O)NCc2ccc3[nH]c(=O)[nH]c3c2)nc2ccnn12. The Bertz CT molecular complexity index is 1870. The Balaban J connectivity index is 1.23. The number of carbonyl (C=O) groups excluding carboxylic acids is 2. The molecule has 12 nitrogen and oxygen atoms in total. The van der Waals surface area contributed by atoms with E-state index in [9.17, 15) is 24.3 Å². The summed E-state index contributed by atoms with van der Waals surface area (Å²) in [4.78, 5) is 59.1. The molecular formula is C27H23N7O5. The molecule has 1 aliphatic rings. The molecule has 3 heterocycles. The van der Waals surface area contributed by atoms with Crippen LogP contribution in [-0.4, -0.2) is 47.5 Å². The van der Waals surface area contributed by atoms with Crippen LogP contribution in [0.3, 0.4) is 0 Å². The van der Waals surface area contributed by atoms with Crippen molar-refractivity contribution in [1.82, 2.24) is 35.2 Å². The van der Waals surface area contributed by atoms with Gasteiger partial charge in [0.15, 0.2) is 5.65 Å². The minimum Gasteiger partial charge on any atom is -0.478 e. The van der Waals surface area contributed by atoms with Crippen LogP contribution in [0.2, 0.25) is 0 Å². The van der Waals surface area contributed by atoms with Crippen LogP contribution in [0.4, 0.5) is 0 Å². The van der Waals surface area contributed by atoms with E-state index in [1.807, 2.05) is 0 Å². The number of H-pyrrole nitrogens is 2. The number of aromatic amines is 2. The Labute approximate surface area is 220 Å². The van der Waals surface area contributed by atoms with Gasteiger partial charge in [0.25, 0.3) is 11.8 Å². The average molecular weight is 526 g/mol. The zero-order valence-electron chi connectivity index (χ0n) is 20.7. The third-order valence-corrected chi connectivity index (χ3v) is 7.09. The molecule has 0 bridgehead atoms. The number of nitrogens with zero attached hydrogens (tertiary/aromatic N) is 3. The van der Waals surface area contributed by atoms with Crippen molar-refractivity contribution >= 4 is 34.5 Å². The predicted octanol–water partition coefficient (Wildman–Crippen LogP) is 2.25. The number of carbonyl (C=O) groups is 3. The number of fused-ring (bicyclic) bond motifs is 3. The standard InChI is InChI=1S/C27H23N7O5/c1-13-15-5-7-18(17(15)4-3-16(13)26(37)38)31-25(36)22-11-21(30-23-8-9-29-34(22)23)24(35)28-12-14-2-6-19-20(10-14)33-27(39)32-19/h2-4,6,8-11,18H,5,7,12H2,1H3,(H,28,35)(H,31,36)(H,37,38)(H2,32,33,39)/t18-/m0/s1. The van der Waals surface area contributed by atoms with Crippen molar-refractivity contribution in [2.45, 2.75) is 32.4 Å². The predicted molar refractivity (Wildman–Crippen MR) is 140 cm³/mol. The number of rotatable bonds is 6. The van der Waals surface area contributed by atoms with Crippen LogP contribution in [0, 0.1) is 6.92 Å². The first-order valence-corrected chi connectivity index (χ1v) is 12.3. The van der Waals surface area contributed by atoms with Crippen LogP contribution in [-0.2, 0) is 13.0 Å². The summed E-state index contributed by atoms with van der Waals surface area (Å²) in [7, 11) is 0. The summed E-state index contributed by atoms with van der Waals surface area (Å²) >= 11 is 0. The number of aromatic carboxylic acids is 1. The van der Waals surface area contributed by atoms with Gasteiger partial charge in [-0.3, -0.25) is 9.59 Å². The van der Waals surface area contributed by atoms with Crippen LogP contribution >= 0.6 is 0 Å². The molecule has 0 unspecified atom stereocenters. The Morgan fingerprint density at radius 3 is 2.72 bits per heavy atom. The van der Waals surface area contributed by atoms with Crippen molar-refractivity contribution in [2.75, 3.05) is 0 Å². The third-order valence-electron chi connectivity index (χ3n) is 7.09. The van der Waals surface area contributed by atoms with Gasteiger partial charge in [-0.2, -0.15) is 5.10 Å². The van der Waals surface area contributed by atoms with Crippen LogP contribution in [0.25, 0.3) is 16.7 Å². The summed E-state index contributed by atoms with van der Waals surface area (Å²) in [6.45, 7) is 1.97. The lowest BCUT2D eigenvalue weighted by molar-refractivity contribution is 0.0695. The molecule has 12 heteroatoms. The zero-order chi connectivity index (χ0) is 27.3. The van der Waals surface area contributed by atoms with E-state index >= 15 is 0 Å². The lowest BCUT2D eigenvalue weighted by Crippen LogP contribution is -2.30. The zero-order valence-corrected chi connectivity index (χ0v) is 20.7. The molecule has 0 fully saturated rings. The van der Waals surface area contributed by atoms with Gasteiger partial charge < -0.3 is 25.7 Å². The number of nitrogens with one attached hydrogen (secondary N) is 4. The van der Waals surface area contributed by atoms with Gasteiger partial charge in [-0.05, 0) is 60.2 Å². The second kappa shape index (κ2) is 9.24. The normalized spacial score (nSPS) is 14.4. The number of carboxylic acid groups (broad SMARTS) is 1. The van der Waals surface area contributed by atoms with E-state index in [1.54, 1.807) is 43.3 Å². The number of amides is 2. The molecule has 5 aromatic rings. The molecule has 6 rings (SSSR count). The van der Waals surface area contributed by atoms with Gasteiger partial charge in [0.1, 0.15) is 11.4 Å². The first kappa shape index (κ1) is 24.1. The number of imidazole rings is 1. The van der Waals surface area contributed by atoms with Gasteiger partial charge in [0.2, 0.25) is 0 Å². The Kier molecular flexibility index (Phi) is 5.71. The van der Waals surface area contributed by atoms with Crippen LogP contribution in [0.5, 0.6) is 0 Å². The molecule has 0 aliphatic heterocycles. The number of aromatic nitrogens is 5. The van der Waals surface area contributed by atoms with E-state index in [1.165, 1.54) is 16.8 Å². The Morgan fingerprint density at radius 1 is 1.08 bits per heavy atom. The number of carboxylic acids is 1. The molecule has 0 radical (unpaired) electrons. The fourth-order valence-corrected chi connectivity index (χ4v) is 5.15. The van der Waals surface area contributed by atoms with Crippen LogP contribution < -0.4 is 16.3 Å². The first-order chi connectivity index (χ1) is 18.8. The smallest absolute Gasteiger partial charge is 0.335 e. The van der Waals surface area contributed by atoms with Crippen LogP contribution in [0.1, 0.15) is 66.1 Å². The maximum Gasteiger partial charge on any atom is 0.335 e. The van der Waals surface area contributed by atoms with Gasteiger partial charge in [-0.25, -0.2) is 19.1 Å². The van der Waals surface area contributed by atoms with Crippen molar-refractivity contribution in [1.29, 1.82) is 0 Å². The summed E-state index contributed by atoms with van der Waals surface area (Å²) in [5.74, 6) is -1.88. The molecule has 1 aliphatic carbocycles. The highest BCUT2D eigenvalue weighted by atomic mass is 16.4. The summed E-state index contributed by atoms with van der Waals surface area (Å²) in [6.07, 6.45) is 2.77. The molecule has 0 saturated carbocycles. The number of hydrogen-bond donors (Lipinski definition) is 5. The second-order valence-electron chi connectivity index (χ2n) is 9.45. The van der Waals surface area contributed by atoms with Crippen LogP contribution in [0.15, 0.2) is 53.5 Å².